The van der Waals surface area contributed by atoms with E-state index in [1.165, 1.54) is 218 Å². The molecule has 0 aliphatic rings. The summed E-state index contributed by atoms with van der Waals surface area (Å²) in [7, 11) is -9.92. The van der Waals surface area contributed by atoms with Gasteiger partial charge in [0.25, 0.3) is 0 Å². The van der Waals surface area contributed by atoms with E-state index in [1.807, 2.05) is 0 Å². The van der Waals surface area contributed by atoms with Gasteiger partial charge in [-0.05, 0) is 49.4 Å². The molecule has 0 aromatic heterocycles. The van der Waals surface area contributed by atoms with Gasteiger partial charge in [-0.3, -0.25) is 37.3 Å². The minimum absolute atomic E-state index is 0.106. The number of unbranched alkanes of at least 4 members (excludes halogenated alkanes) is 45. The van der Waals surface area contributed by atoms with Crippen LogP contribution in [0.4, 0.5) is 0 Å². The van der Waals surface area contributed by atoms with Crippen molar-refractivity contribution < 1.29 is 80.2 Å². The topological polar surface area (TPSA) is 237 Å². The maximum Gasteiger partial charge on any atom is 0.472 e. The van der Waals surface area contributed by atoms with Gasteiger partial charge in [0.1, 0.15) is 19.3 Å². The maximum atomic E-state index is 13.1. The number of phosphoric ester groups is 2. The van der Waals surface area contributed by atoms with Crippen molar-refractivity contribution in [3.63, 3.8) is 0 Å². The highest BCUT2D eigenvalue weighted by Crippen LogP contribution is 2.45. The molecular weight excluding hydrogens is 1320 g/mol. The van der Waals surface area contributed by atoms with Crippen LogP contribution in [0.2, 0.25) is 0 Å². The normalized spacial score (nSPS) is 14.0. The highest BCUT2D eigenvalue weighted by atomic mass is 31.2. The first-order valence-corrected chi connectivity index (χ1v) is 45.2. The first-order valence-electron chi connectivity index (χ1n) is 42.2. The zero-order valence-electron chi connectivity index (χ0n) is 66.5. The SMILES string of the molecule is CC(C)CCCCCCCCCCCCCCCCCC(=O)OC[C@H](COP(=O)(O)OC[C@@H](O)COP(=O)(O)OC[C@@H](COC(=O)CCCCCCCCC(C)C)OC(=O)CCCCCCCCCCCCCCCC(C)C)OC(=O)CCCCCCCCCCCCCCCCCC(C)C. The number of hydrogen-bond donors (Lipinski definition) is 3. The van der Waals surface area contributed by atoms with Gasteiger partial charge in [0, 0.05) is 25.7 Å². The average Bonchev–Trinajstić information content (AvgIpc) is 1.06. The smallest absolute Gasteiger partial charge is 0.462 e. The summed E-state index contributed by atoms with van der Waals surface area (Å²) in [6.07, 6.45) is 58.4. The zero-order valence-corrected chi connectivity index (χ0v) is 68.3. The standard InChI is InChI=1S/C82H160O17P2/c1-72(2)58-50-42-34-28-22-16-11-9-13-19-25-31-37-46-54-62-79(84)92-68-77(98-81(86)64-56-48-38-32-26-20-14-10-12-17-23-29-35-43-51-59-73(3)4)70-96-100(88,89)94-66-76(83)67-95-101(90,91)97-71-78(69-93-80(85)63-55-47-41-40-45-53-61-75(7)8)99-82(87)65-57-49-39-33-27-21-15-18-24-30-36-44-52-60-74(5)6/h72-78,83H,9-71H2,1-8H3,(H,88,89)(H,90,91)/t76-,77-,78-/m1/s1. The molecule has 101 heavy (non-hydrogen) atoms. The summed E-state index contributed by atoms with van der Waals surface area (Å²) in [5, 5.41) is 10.6. The summed E-state index contributed by atoms with van der Waals surface area (Å²) < 4.78 is 68.7. The molecule has 0 fully saturated rings. The largest absolute Gasteiger partial charge is 0.472 e. The summed E-state index contributed by atoms with van der Waals surface area (Å²) in [5.74, 6) is 0.961. The number of aliphatic hydroxyl groups is 1. The van der Waals surface area contributed by atoms with Crippen molar-refractivity contribution in [3.05, 3.63) is 0 Å². The van der Waals surface area contributed by atoms with Crippen LogP contribution in [0, 0.1) is 23.7 Å². The van der Waals surface area contributed by atoms with Crippen molar-refractivity contribution in [2.45, 2.75) is 440 Å². The molecule has 0 rings (SSSR count). The number of phosphoric acid groups is 2. The third-order valence-electron chi connectivity index (χ3n) is 19.1. The highest BCUT2D eigenvalue weighted by molar-refractivity contribution is 7.47. The Morgan fingerprint density at radius 1 is 0.248 bits per heavy atom. The number of aliphatic hydroxyl groups excluding tert-OH is 1. The van der Waals surface area contributed by atoms with Crippen LogP contribution in [-0.2, 0) is 65.4 Å². The molecule has 0 heterocycles. The van der Waals surface area contributed by atoms with Crippen LogP contribution in [0.5, 0.6) is 0 Å². The fourth-order valence-corrected chi connectivity index (χ4v) is 14.2. The van der Waals surface area contributed by atoms with Crippen LogP contribution in [-0.4, -0.2) is 96.7 Å². The summed E-state index contributed by atoms with van der Waals surface area (Å²) in [6.45, 7) is 14.2. The predicted octanol–water partition coefficient (Wildman–Crippen LogP) is 24.4. The van der Waals surface area contributed by atoms with Gasteiger partial charge in [0.15, 0.2) is 12.2 Å². The van der Waals surface area contributed by atoms with Crippen molar-refractivity contribution in [1.29, 1.82) is 0 Å². The summed E-state index contributed by atoms with van der Waals surface area (Å²) in [6, 6.07) is 0. The molecule has 0 radical (unpaired) electrons. The van der Waals surface area contributed by atoms with E-state index >= 15 is 0 Å². The second kappa shape index (κ2) is 71.0. The summed E-state index contributed by atoms with van der Waals surface area (Å²) >= 11 is 0. The van der Waals surface area contributed by atoms with Gasteiger partial charge in [0.05, 0.1) is 26.4 Å². The number of rotatable bonds is 79. The minimum Gasteiger partial charge on any atom is -0.462 e. The third kappa shape index (κ3) is 76.1. The average molecular weight is 1480 g/mol. The lowest BCUT2D eigenvalue weighted by molar-refractivity contribution is -0.161. The van der Waals surface area contributed by atoms with E-state index in [0.29, 0.717) is 31.6 Å². The van der Waals surface area contributed by atoms with Gasteiger partial charge in [-0.25, -0.2) is 9.13 Å². The van der Waals surface area contributed by atoms with Gasteiger partial charge < -0.3 is 33.8 Å². The Kier molecular flexibility index (Phi) is 69.6. The molecule has 0 amide bonds. The van der Waals surface area contributed by atoms with Crippen LogP contribution >= 0.6 is 15.6 Å². The summed E-state index contributed by atoms with van der Waals surface area (Å²) in [5.41, 5.74) is 0. The van der Waals surface area contributed by atoms with E-state index in [2.05, 4.69) is 55.4 Å². The molecule has 2 unspecified atom stereocenters. The quantitative estimate of drug-likeness (QED) is 0.0222. The lowest BCUT2D eigenvalue weighted by Crippen LogP contribution is -2.30. The second-order valence-corrected chi connectivity index (χ2v) is 34.3. The van der Waals surface area contributed by atoms with Gasteiger partial charge in [0.2, 0.25) is 0 Å². The van der Waals surface area contributed by atoms with E-state index in [9.17, 15) is 43.2 Å². The highest BCUT2D eigenvalue weighted by Gasteiger charge is 2.30. The Hall–Kier alpha value is -1.94. The molecule has 0 aromatic rings. The molecular formula is C82H160O17P2. The molecule has 0 saturated heterocycles. The molecule has 19 heteroatoms. The third-order valence-corrected chi connectivity index (χ3v) is 21.0. The Labute approximate surface area is 619 Å². The van der Waals surface area contributed by atoms with E-state index in [4.69, 9.17) is 37.0 Å². The second-order valence-electron chi connectivity index (χ2n) is 31.4. The number of esters is 4. The van der Waals surface area contributed by atoms with E-state index in [-0.39, 0.29) is 25.7 Å². The first kappa shape index (κ1) is 99.1. The van der Waals surface area contributed by atoms with Gasteiger partial charge >= 0.3 is 39.5 Å². The van der Waals surface area contributed by atoms with Crippen molar-refractivity contribution in [2.75, 3.05) is 39.6 Å². The van der Waals surface area contributed by atoms with E-state index < -0.39 is 97.5 Å². The molecule has 0 saturated carbocycles. The fourth-order valence-electron chi connectivity index (χ4n) is 12.6. The van der Waals surface area contributed by atoms with Crippen molar-refractivity contribution >= 4 is 39.5 Å². The molecule has 5 atom stereocenters. The van der Waals surface area contributed by atoms with Crippen LogP contribution in [0.25, 0.3) is 0 Å². The Bertz CT molecular complexity index is 1970. The van der Waals surface area contributed by atoms with Crippen molar-refractivity contribution in [3.8, 4) is 0 Å². The summed E-state index contributed by atoms with van der Waals surface area (Å²) in [4.78, 5) is 73.0. The lowest BCUT2D eigenvalue weighted by atomic mass is 10.0. The van der Waals surface area contributed by atoms with Crippen molar-refractivity contribution in [2.24, 2.45) is 23.7 Å². The van der Waals surface area contributed by atoms with Crippen LogP contribution < -0.4 is 0 Å². The number of carbonyl (C=O) groups is 4. The predicted molar refractivity (Wildman–Crippen MR) is 414 cm³/mol. The van der Waals surface area contributed by atoms with Gasteiger partial charge in [-0.15, -0.1) is 0 Å². The fraction of sp³-hybridized carbons (Fsp3) is 0.951. The van der Waals surface area contributed by atoms with Crippen LogP contribution in [0.3, 0.4) is 0 Å². The Balaban J connectivity index is 5.23. The molecule has 17 nitrogen and oxygen atoms in total. The number of hydrogen-bond acceptors (Lipinski definition) is 15. The molecule has 0 aliphatic heterocycles. The van der Waals surface area contributed by atoms with Crippen LogP contribution in [0.15, 0.2) is 0 Å². The van der Waals surface area contributed by atoms with Gasteiger partial charge in [-0.2, -0.15) is 0 Å². The Morgan fingerprint density at radius 2 is 0.416 bits per heavy atom. The molecule has 0 aromatic carbocycles. The van der Waals surface area contributed by atoms with Gasteiger partial charge in [-0.1, -0.05) is 370 Å². The number of carbonyl (C=O) groups excluding carboxylic acids is 4. The molecule has 3 N–H and O–H groups in total. The number of ether oxygens (including phenoxy) is 4. The monoisotopic (exact) mass is 1480 g/mol. The Morgan fingerprint density at radius 3 is 0.614 bits per heavy atom. The molecule has 600 valence electrons. The zero-order chi connectivity index (χ0) is 74.6. The van der Waals surface area contributed by atoms with E-state index in [0.717, 1.165) is 114 Å². The molecule has 0 spiro atoms. The minimum atomic E-state index is -4.96. The maximum absolute atomic E-state index is 13.1. The lowest BCUT2D eigenvalue weighted by Gasteiger charge is -2.21. The van der Waals surface area contributed by atoms with E-state index in [1.54, 1.807) is 0 Å². The van der Waals surface area contributed by atoms with Crippen LogP contribution in [0.1, 0.15) is 421 Å². The molecule has 0 aliphatic carbocycles. The first-order chi connectivity index (χ1) is 48.6. The molecule has 0 bridgehead atoms. The van der Waals surface area contributed by atoms with Crippen molar-refractivity contribution in [1.82, 2.24) is 0 Å².